The Morgan fingerprint density at radius 1 is 1.32 bits per heavy atom. The van der Waals surface area contributed by atoms with E-state index in [1.54, 1.807) is 18.2 Å². The first-order valence-electron chi connectivity index (χ1n) is 8.39. The molecule has 1 fully saturated rings. The monoisotopic (exact) mass is 380 g/mol. The molecule has 5 nitrogen and oxygen atoms in total. The van der Waals surface area contributed by atoms with E-state index in [0.29, 0.717) is 26.8 Å². The van der Waals surface area contributed by atoms with Crippen LogP contribution in [-0.4, -0.2) is 27.9 Å². The van der Waals surface area contributed by atoms with Gasteiger partial charge >= 0.3 is 0 Å². The highest BCUT2D eigenvalue weighted by molar-refractivity contribution is 8.01. The van der Waals surface area contributed by atoms with Gasteiger partial charge in [0.25, 0.3) is 0 Å². The Morgan fingerprint density at radius 3 is 2.92 bits per heavy atom. The van der Waals surface area contributed by atoms with Gasteiger partial charge in [-0.15, -0.1) is 10.2 Å². The van der Waals surface area contributed by atoms with Crippen molar-refractivity contribution in [1.29, 1.82) is 0 Å². The lowest BCUT2D eigenvalue weighted by molar-refractivity contribution is -0.119. The molecule has 0 saturated heterocycles. The number of anilines is 2. The van der Waals surface area contributed by atoms with Crippen LogP contribution in [0.5, 0.6) is 0 Å². The Balaban J connectivity index is 1.48. The van der Waals surface area contributed by atoms with Crippen LogP contribution in [0.1, 0.15) is 32.6 Å². The zero-order valence-electron chi connectivity index (χ0n) is 14.0. The van der Waals surface area contributed by atoms with Crippen LogP contribution < -0.4 is 10.6 Å². The smallest absolute Gasteiger partial charge is 0.230 e. The number of halogens is 1. The van der Waals surface area contributed by atoms with Crippen molar-refractivity contribution in [2.24, 2.45) is 5.92 Å². The van der Waals surface area contributed by atoms with E-state index in [-0.39, 0.29) is 17.8 Å². The molecular weight excluding hydrogens is 359 g/mol. The highest BCUT2D eigenvalue weighted by atomic mass is 32.2. The molecule has 0 bridgehead atoms. The lowest BCUT2D eigenvalue weighted by Gasteiger charge is -2.29. The minimum atomic E-state index is -0.340. The summed E-state index contributed by atoms with van der Waals surface area (Å²) in [5.41, 5.74) is 0.360. The van der Waals surface area contributed by atoms with Crippen molar-refractivity contribution < 1.29 is 9.18 Å². The van der Waals surface area contributed by atoms with E-state index in [2.05, 4.69) is 27.8 Å². The standard InChI is InChI=1S/C17H21FN4OS2/c1-11-6-2-4-8-13(11)19-15(23)10-24-17-22-21-16(25-17)20-14-9-5-3-7-12(14)18/h3,5,7,9,11,13H,2,4,6,8,10H2,1H3,(H,19,23)(H,20,21)/t11-,13-/m0/s1. The van der Waals surface area contributed by atoms with Crippen molar-refractivity contribution in [3.63, 3.8) is 0 Å². The normalized spacial score (nSPS) is 20.2. The molecule has 2 aromatic rings. The van der Waals surface area contributed by atoms with Gasteiger partial charge in [0.05, 0.1) is 11.4 Å². The summed E-state index contributed by atoms with van der Waals surface area (Å²) in [5.74, 6) is 0.550. The molecule has 25 heavy (non-hydrogen) atoms. The lowest BCUT2D eigenvalue weighted by Crippen LogP contribution is -2.41. The van der Waals surface area contributed by atoms with Crippen molar-refractivity contribution in [3.8, 4) is 0 Å². The molecule has 1 saturated carbocycles. The summed E-state index contributed by atoms with van der Waals surface area (Å²) in [6, 6.07) is 6.69. The van der Waals surface area contributed by atoms with Gasteiger partial charge in [-0.2, -0.15) is 0 Å². The van der Waals surface area contributed by atoms with Gasteiger partial charge in [-0.1, -0.05) is 55.0 Å². The van der Waals surface area contributed by atoms with Crippen molar-refractivity contribution in [2.75, 3.05) is 11.1 Å². The van der Waals surface area contributed by atoms with Crippen LogP contribution in [-0.2, 0) is 4.79 Å². The van der Waals surface area contributed by atoms with E-state index in [1.165, 1.54) is 48.4 Å². The summed E-state index contributed by atoms with van der Waals surface area (Å²) in [4.78, 5) is 12.1. The number of thioether (sulfide) groups is 1. The molecule has 2 atom stereocenters. The fourth-order valence-electron chi connectivity index (χ4n) is 2.90. The van der Waals surface area contributed by atoms with Gasteiger partial charge in [0.1, 0.15) is 5.82 Å². The van der Waals surface area contributed by atoms with E-state index in [0.717, 1.165) is 6.42 Å². The fraction of sp³-hybridized carbons (Fsp3) is 0.471. The third-order valence-electron chi connectivity index (χ3n) is 4.31. The Labute approximate surface area is 154 Å². The van der Waals surface area contributed by atoms with Crippen LogP contribution in [0.3, 0.4) is 0 Å². The number of aromatic nitrogens is 2. The number of para-hydroxylation sites is 1. The Hall–Kier alpha value is -1.67. The molecule has 1 amide bonds. The Bertz CT molecular complexity index is 724. The van der Waals surface area contributed by atoms with Gasteiger partial charge < -0.3 is 10.6 Å². The predicted molar refractivity (Wildman–Crippen MR) is 99.9 cm³/mol. The van der Waals surface area contributed by atoms with Gasteiger partial charge in [0, 0.05) is 6.04 Å². The summed E-state index contributed by atoms with van der Waals surface area (Å²) in [6.45, 7) is 2.20. The maximum atomic E-state index is 13.6. The first kappa shape index (κ1) is 18.1. The average Bonchev–Trinajstić information content (AvgIpc) is 3.05. The number of benzene rings is 1. The summed E-state index contributed by atoms with van der Waals surface area (Å²) in [5, 5.41) is 14.6. The number of nitrogens with one attached hydrogen (secondary N) is 2. The Kier molecular flexibility index (Phi) is 6.25. The quantitative estimate of drug-likeness (QED) is 0.735. The van der Waals surface area contributed by atoms with Gasteiger partial charge in [0.15, 0.2) is 4.34 Å². The number of carbonyl (C=O) groups excluding carboxylic acids is 1. The minimum absolute atomic E-state index is 0.0302. The van der Waals surface area contributed by atoms with Crippen molar-refractivity contribution >= 4 is 39.8 Å². The zero-order chi connectivity index (χ0) is 17.6. The zero-order valence-corrected chi connectivity index (χ0v) is 15.6. The second-order valence-electron chi connectivity index (χ2n) is 6.20. The van der Waals surface area contributed by atoms with E-state index in [4.69, 9.17) is 0 Å². The second-order valence-corrected chi connectivity index (χ2v) is 8.40. The van der Waals surface area contributed by atoms with Gasteiger partial charge in [0.2, 0.25) is 11.0 Å². The van der Waals surface area contributed by atoms with Crippen molar-refractivity contribution in [1.82, 2.24) is 15.5 Å². The van der Waals surface area contributed by atoms with Crippen molar-refractivity contribution in [3.05, 3.63) is 30.1 Å². The SMILES string of the molecule is C[C@H]1CCCC[C@@H]1NC(=O)CSc1nnc(Nc2ccccc2F)s1. The van der Waals surface area contributed by atoms with E-state index in [1.807, 2.05) is 0 Å². The number of rotatable bonds is 6. The number of amides is 1. The molecule has 0 spiro atoms. The summed E-state index contributed by atoms with van der Waals surface area (Å²) < 4.78 is 14.3. The number of hydrogen-bond acceptors (Lipinski definition) is 6. The Morgan fingerprint density at radius 2 is 2.12 bits per heavy atom. The molecule has 1 aromatic carbocycles. The van der Waals surface area contributed by atoms with Gasteiger partial charge in [-0.05, 0) is 30.9 Å². The van der Waals surface area contributed by atoms with Crippen LogP contribution >= 0.6 is 23.1 Å². The van der Waals surface area contributed by atoms with Crippen LogP contribution in [0, 0.1) is 11.7 Å². The number of nitrogens with zero attached hydrogens (tertiary/aromatic N) is 2. The summed E-state index contributed by atoms with van der Waals surface area (Å²) in [6.07, 6.45) is 4.68. The van der Waals surface area contributed by atoms with Gasteiger partial charge in [-0.3, -0.25) is 4.79 Å². The molecule has 134 valence electrons. The predicted octanol–water partition coefficient (Wildman–Crippen LogP) is 4.21. The van der Waals surface area contributed by atoms with Crippen LogP contribution in [0.25, 0.3) is 0 Å². The molecule has 8 heteroatoms. The lowest BCUT2D eigenvalue weighted by atomic mass is 9.86. The van der Waals surface area contributed by atoms with E-state index >= 15 is 0 Å². The average molecular weight is 381 g/mol. The summed E-state index contributed by atoms with van der Waals surface area (Å²) in [7, 11) is 0. The van der Waals surface area contributed by atoms with Crippen LogP contribution in [0.15, 0.2) is 28.6 Å². The van der Waals surface area contributed by atoms with E-state index in [9.17, 15) is 9.18 Å². The molecule has 1 aliphatic rings. The largest absolute Gasteiger partial charge is 0.352 e. The van der Waals surface area contributed by atoms with Crippen molar-refractivity contribution in [2.45, 2.75) is 43.0 Å². The molecule has 2 N–H and O–H groups in total. The minimum Gasteiger partial charge on any atom is -0.352 e. The highest BCUT2D eigenvalue weighted by Crippen LogP contribution is 2.29. The third kappa shape index (κ3) is 5.15. The van der Waals surface area contributed by atoms with Crippen LogP contribution in [0.4, 0.5) is 15.2 Å². The molecule has 3 rings (SSSR count). The number of hydrogen-bond donors (Lipinski definition) is 2. The number of carbonyl (C=O) groups is 1. The molecule has 0 radical (unpaired) electrons. The fourth-order valence-corrected chi connectivity index (χ4v) is 4.48. The maximum absolute atomic E-state index is 13.6. The molecule has 0 unspecified atom stereocenters. The maximum Gasteiger partial charge on any atom is 0.230 e. The summed E-state index contributed by atoms with van der Waals surface area (Å²) >= 11 is 2.66. The molecule has 1 aromatic heterocycles. The van der Waals surface area contributed by atoms with Crippen LogP contribution in [0.2, 0.25) is 0 Å². The molecule has 1 heterocycles. The first-order chi connectivity index (χ1) is 12.1. The topological polar surface area (TPSA) is 66.9 Å². The third-order valence-corrected chi connectivity index (χ3v) is 6.28. The first-order valence-corrected chi connectivity index (χ1v) is 10.2. The highest BCUT2D eigenvalue weighted by Gasteiger charge is 2.22. The molecule has 0 aliphatic heterocycles. The van der Waals surface area contributed by atoms with Gasteiger partial charge in [-0.25, -0.2) is 4.39 Å². The molecular formula is C17H21FN4OS2. The second kappa shape index (κ2) is 8.62. The molecule has 1 aliphatic carbocycles. The van der Waals surface area contributed by atoms with E-state index < -0.39 is 0 Å².